The molecule has 0 aromatic rings. The molecule has 0 amide bonds. The van der Waals surface area contributed by atoms with Crippen molar-refractivity contribution >= 4 is 0 Å². The first kappa shape index (κ1) is 5.69. The van der Waals surface area contributed by atoms with Gasteiger partial charge in [0.1, 0.15) is 0 Å². The highest BCUT2D eigenvalue weighted by Gasteiger charge is 2.29. The van der Waals surface area contributed by atoms with Crippen molar-refractivity contribution in [2.24, 2.45) is 5.92 Å². The molecule has 2 saturated heterocycles. The van der Waals surface area contributed by atoms with Crippen LogP contribution in [0.4, 0.5) is 0 Å². The fourth-order valence-electron chi connectivity index (χ4n) is 1.78. The van der Waals surface area contributed by atoms with Gasteiger partial charge in [0.15, 0.2) is 0 Å². The van der Waals surface area contributed by atoms with Crippen LogP contribution in [-0.4, -0.2) is 25.8 Å². The van der Waals surface area contributed by atoms with E-state index in [4.69, 9.17) is 4.74 Å². The Morgan fingerprint density at radius 1 is 1.33 bits per heavy atom. The first-order valence-corrected chi connectivity index (χ1v) is 3.79. The molecular weight excluding hydrogens is 114 g/mol. The van der Waals surface area contributed by atoms with Gasteiger partial charge in [-0.05, 0) is 25.3 Å². The molecule has 2 nitrogen and oxygen atoms in total. The summed E-state index contributed by atoms with van der Waals surface area (Å²) in [7, 11) is 0. The minimum absolute atomic E-state index is 0.603. The third-order valence-electron chi connectivity index (χ3n) is 2.36. The zero-order valence-corrected chi connectivity index (χ0v) is 5.60. The summed E-state index contributed by atoms with van der Waals surface area (Å²) in [6.07, 6.45) is 3.11. The Morgan fingerprint density at radius 2 is 2.33 bits per heavy atom. The quantitative estimate of drug-likeness (QED) is 0.508. The van der Waals surface area contributed by atoms with E-state index < -0.39 is 0 Å². The van der Waals surface area contributed by atoms with Crippen LogP contribution in [-0.2, 0) is 4.74 Å². The Hall–Kier alpha value is -0.0800. The van der Waals surface area contributed by atoms with Gasteiger partial charge < -0.3 is 10.1 Å². The van der Waals surface area contributed by atoms with Crippen LogP contribution in [0.15, 0.2) is 0 Å². The van der Waals surface area contributed by atoms with Crippen molar-refractivity contribution in [3.05, 3.63) is 0 Å². The third-order valence-corrected chi connectivity index (χ3v) is 2.36. The first-order chi connectivity index (χ1) is 4.47. The molecule has 0 aromatic heterocycles. The monoisotopic (exact) mass is 127 g/mol. The highest BCUT2D eigenvalue weighted by atomic mass is 16.5. The van der Waals surface area contributed by atoms with Gasteiger partial charge in [-0.1, -0.05) is 0 Å². The Labute approximate surface area is 55.6 Å². The lowest BCUT2D eigenvalue weighted by atomic mass is 9.96. The van der Waals surface area contributed by atoms with E-state index in [-0.39, 0.29) is 0 Å². The molecule has 0 unspecified atom stereocenters. The van der Waals surface area contributed by atoms with Crippen LogP contribution in [0.1, 0.15) is 12.8 Å². The minimum Gasteiger partial charge on any atom is -0.378 e. The lowest BCUT2D eigenvalue weighted by Crippen LogP contribution is -2.37. The molecule has 0 spiro atoms. The predicted octanol–water partition coefficient (Wildman–Crippen LogP) is 0.385. The van der Waals surface area contributed by atoms with Gasteiger partial charge in [-0.15, -0.1) is 0 Å². The van der Waals surface area contributed by atoms with Crippen molar-refractivity contribution in [3.8, 4) is 0 Å². The average Bonchev–Trinajstić information content (AvgIpc) is 2.33. The predicted molar refractivity (Wildman–Crippen MR) is 35.3 cm³/mol. The highest BCUT2D eigenvalue weighted by molar-refractivity contribution is 4.82. The molecule has 1 N–H and O–H groups in total. The molecule has 0 aromatic carbocycles. The van der Waals surface area contributed by atoms with Crippen LogP contribution in [0.5, 0.6) is 0 Å². The molecule has 52 valence electrons. The normalized spacial score (nSPS) is 42.7. The molecule has 2 aliphatic rings. The summed E-state index contributed by atoms with van der Waals surface area (Å²) in [6.45, 7) is 3.34. The largest absolute Gasteiger partial charge is 0.378 e. The molecule has 0 radical (unpaired) electrons. The fraction of sp³-hybridized carbons (Fsp3) is 1.00. The smallest absolute Gasteiger partial charge is 0.0628 e. The van der Waals surface area contributed by atoms with E-state index in [0.29, 0.717) is 6.10 Å². The molecule has 0 saturated carbocycles. The topological polar surface area (TPSA) is 21.3 Å². The number of hydrogen-bond acceptors (Lipinski definition) is 2. The van der Waals surface area contributed by atoms with Crippen LogP contribution >= 0.6 is 0 Å². The Balaban J connectivity index is 1.97. The van der Waals surface area contributed by atoms with Gasteiger partial charge in [0.05, 0.1) is 6.10 Å². The summed E-state index contributed by atoms with van der Waals surface area (Å²) in [5.74, 6) is 0.832. The Morgan fingerprint density at radius 3 is 3.22 bits per heavy atom. The number of rotatable bonds is 0. The zero-order chi connectivity index (χ0) is 6.10. The van der Waals surface area contributed by atoms with E-state index in [0.717, 1.165) is 19.1 Å². The number of hydrogen-bond donors (Lipinski definition) is 1. The lowest BCUT2D eigenvalue weighted by molar-refractivity contribution is 0.0719. The summed E-state index contributed by atoms with van der Waals surface area (Å²) < 4.78 is 5.52. The van der Waals surface area contributed by atoms with Gasteiger partial charge in [0.25, 0.3) is 0 Å². The minimum atomic E-state index is 0.603. The van der Waals surface area contributed by atoms with Gasteiger partial charge in [0, 0.05) is 13.2 Å². The van der Waals surface area contributed by atoms with Crippen LogP contribution in [0.2, 0.25) is 0 Å². The third kappa shape index (κ3) is 0.970. The SMILES string of the molecule is C1C[C@H]2OCC[C@H]2CN1. The van der Waals surface area contributed by atoms with Gasteiger partial charge in [0.2, 0.25) is 0 Å². The van der Waals surface area contributed by atoms with Crippen LogP contribution in [0.3, 0.4) is 0 Å². The molecule has 2 fully saturated rings. The second-order valence-corrected chi connectivity index (χ2v) is 2.95. The van der Waals surface area contributed by atoms with E-state index >= 15 is 0 Å². The molecule has 2 aliphatic heterocycles. The summed E-state index contributed by atoms with van der Waals surface area (Å²) in [5, 5.41) is 3.38. The summed E-state index contributed by atoms with van der Waals surface area (Å²) in [6, 6.07) is 0. The Bertz CT molecular complexity index is 93.1. The van der Waals surface area contributed by atoms with Crippen molar-refractivity contribution in [2.45, 2.75) is 18.9 Å². The first-order valence-electron chi connectivity index (χ1n) is 3.79. The summed E-state index contributed by atoms with van der Waals surface area (Å²) >= 11 is 0. The number of piperidine rings is 1. The fourth-order valence-corrected chi connectivity index (χ4v) is 1.78. The Kier molecular flexibility index (Phi) is 1.44. The van der Waals surface area contributed by atoms with Crippen LogP contribution in [0, 0.1) is 5.92 Å². The van der Waals surface area contributed by atoms with Crippen molar-refractivity contribution in [1.82, 2.24) is 5.32 Å². The maximum absolute atomic E-state index is 5.52. The lowest BCUT2D eigenvalue weighted by Gasteiger charge is -2.24. The average molecular weight is 127 g/mol. The van der Waals surface area contributed by atoms with Crippen molar-refractivity contribution in [2.75, 3.05) is 19.7 Å². The van der Waals surface area contributed by atoms with Crippen LogP contribution < -0.4 is 5.32 Å². The molecule has 9 heavy (non-hydrogen) atoms. The maximum atomic E-state index is 5.52. The number of nitrogens with one attached hydrogen (secondary N) is 1. The van der Waals surface area contributed by atoms with Crippen molar-refractivity contribution < 1.29 is 4.74 Å². The van der Waals surface area contributed by atoms with E-state index in [1.54, 1.807) is 0 Å². The second kappa shape index (κ2) is 2.27. The summed E-state index contributed by atoms with van der Waals surface area (Å²) in [5.41, 5.74) is 0. The van der Waals surface area contributed by atoms with E-state index in [1.807, 2.05) is 0 Å². The molecule has 0 bridgehead atoms. The van der Waals surface area contributed by atoms with Gasteiger partial charge >= 0.3 is 0 Å². The molecule has 0 aliphatic carbocycles. The molecule has 2 rings (SSSR count). The standard InChI is InChI=1S/C7H13NO/c1-3-8-5-6-2-4-9-7(1)6/h6-8H,1-5H2/t6-,7+/m0/s1. The van der Waals surface area contributed by atoms with Crippen LogP contribution in [0.25, 0.3) is 0 Å². The van der Waals surface area contributed by atoms with Crippen molar-refractivity contribution in [3.63, 3.8) is 0 Å². The van der Waals surface area contributed by atoms with E-state index in [2.05, 4.69) is 5.32 Å². The van der Waals surface area contributed by atoms with Gasteiger partial charge in [-0.3, -0.25) is 0 Å². The van der Waals surface area contributed by atoms with E-state index in [9.17, 15) is 0 Å². The zero-order valence-electron chi connectivity index (χ0n) is 5.60. The number of fused-ring (bicyclic) bond motifs is 1. The maximum Gasteiger partial charge on any atom is 0.0628 e. The molecule has 2 heteroatoms. The summed E-state index contributed by atoms with van der Waals surface area (Å²) in [4.78, 5) is 0. The molecule has 2 atom stereocenters. The van der Waals surface area contributed by atoms with Gasteiger partial charge in [-0.2, -0.15) is 0 Å². The second-order valence-electron chi connectivity index (χ2n) is 2.95. The molecular formula is C7H13NO. The molecule has 2 heterocycles. The number of ether oxygens (including phenoxy) is 1. The van der Waals surface area contributed by atoms with Crippen molar-refractivity contribution in [1.29, 1.82) is 0 Å². The van der Waals surface area contributed by atoms with E-state index in [1.165, 1.54) is 19.4 Å². The highest BCUT2D eigenvalue weighted by Crippen LogP contribution is 2.24. The van der Waals surface area contributed by atoms with Gasteiger partial charge in [-0.25, -0.2) is 0 Å².